The Bertz CT molecular complexity index is 251. The molecule has 0 aliphatic carbocycles. The fraction of sp³-hybridized carbons (Fsp3) is 0.333. The Hall–Kier alpha value is -1.32. The summed E-state index contributed by atoms with van der Waals surface area (Å²) in [5.41, 5.74) is 1.59. The van der Waals surface area contributed by atoms with Crippen molar-refractivity contribution in [3.63, 3.8) is 0 Å². The molecule has 0 aliphatic heterocycles. The van der Waals surface area contributed by atoms with Crippen molar-refractivity contribution in [1.29, 1.82) is 0 Å². The second kappa shape index (κ2) is 2.51. The van der Waals surface area contributed by atoms with Crippen molar-refractivity contribution < 1.29 is 5.21 Å². The highest BCUT2D eigenvalue weighted by molar-refractivity contribution is 5.77. The molecular weight excluding hydrogens is 130 g/mol. The van der Waals surface area contributed by atoms with Crippen LogP contribution in [0.15, 0.2) is 5.16 Å². The van der Waals surface area contributed by atoms with Crippen LogP contribution >= 0.6 is 0 Å². The lowest BCUT2D eigenvalue weighted by atomic mass is 10.4. The summed E-state index contributed by atoms with van der Waals surface area (Å²) in [6.45, 7) is 3.72. The number of imidazole rings is 1. The van der Waals surface area contributed by atoms with Crippen LogP contribution in [0.3, 0.4) is 0 Å². The number of aromatic nitrogens is 2. The van der Waals surface area contributed by atoms with E-state index in [0.717, 1.165) is 11.5 Å². The maximum Gasteiger partial charge on any atom is 0.106 e. The van der Waals surface area contributed by atoms with Crippen molar-refractivity contribution in [2.24, 2.45) is 5.16 Å². The number of H-pyrrole nitrogens is 1. The van der Waals surface area contributed by atoms with E-state index in [1.165, 1.54) is 6.21 Å². The standard InChI is InChI=1S/C6H9N3O/c1-4-6(3-7-10)9-5(2)8-4/h3,10H,1-2H3,(H,8,9). The van der Waals surface area contributed by atoms with Crippen LogP contribution in [-0.2, 0) is 0 Å². The van der Waals surface area contributed by atoms with E-state index >= 15 is 0 Å². The zero-order valence-corrected chi connectivity index (χ0v) is 5.92. The number of hydrogen-bond acceptors (Lipinski definition) is 3. The van der Waals surface area contributed by atoms with Crippen molar-refractivity contribution in [2.75, 3.05) is 0 Å². The van der Waals surface area contributed by atoms with Gasteiger partial charge in [0.25, 0.3) is 0 Å². The average Bonchev–Trinajstić information content (AvgIpc) is 2.13. The lowest BCUT2D eigenvalue weighted by Crippen LogP contribution is -1.83. The van der Waals surface area contributed by atoms with Crippen molar-refractivity contribution in [3.05, 3.63) is 17.2 Å². The second-order valence-electron chi connectivity index (χ2n) is 2.08. The minimum atomic E-state index is 0.681. The normalized spacial score (nSPS) is 11.0. The summed E-state index contributed by atoms with van der Waals surface area (Å²) in [7, 11) is 0. The van der Waals surface area contributed by atoms with Gasteiger partial charge >= 0.3 is 0 Å². The minimum Gasteiger partial charge on any atom is -0.411 e. The molecule has 0 spiro atoms. The van der Waals surface area contributed by atoms with Gasteiger partial charge in [-0.15, -0.1) is 0 Å². The molecule has 0 aromatic carbocycles. The number of aromatic amines is 1. The summed E-state index contributed by atoms with van der Waals surface area (Å²) >= 11 is 0. The molecule has 0 radical (unpaired) electrons. The molecule has 0 aliphatic rings. The van der Waals surface area contributed by atoms with Gasteiger partial charge in [-0.05, 0) is 13.8 Å². The second-order valence-corrected chi connectivity index (χ2v) is 2.08. The molecule has 0 amide bonds. The van der Waals surface area contributed by atoms with Crippen LogP contribution in [0.25, 0.3) is 0 Å². The predicted molar refractivity (Wildman–Crippen MR) is 37.4 cm³/mol. The van der Waals surface area contributed by atoms with Gasteiger partial charge in [0, 0.05) is 5.69 Å². The van der Waals surface area contributed by atoms with Gasteiger partial charge in [0.05, 0.1) is 6.21 Å². The van der Waals surface area contributed by atoms with Crippen LogP contribution in [0.1, 0.15) is 17.2 Å². The van der Waals surface area contributed by atoms with Crippen molar-refractivity contribution in [3.8, 4) is 0 Å². The number of hydrogen-bond donors (Lipinski definition) is 2. The first kappa shape index (κ1) is 6.80. The first-order valence-electron chi connectivity index (χ1n) is 2.94. The van der Waals surface area contributed by atoms with Crippen LogP contribution in [0, 0.1) is 13.8 Å². The van der Waals surface area contributed by atoms with Crippen molar-refractivity contribution >= 4 is 6.21 Å². The minimum absolute atomic E-state index is 0.681. The maximum absolute atomic E-state index is 8.17. The van der Waals surface area contributed by atoms with E-state index in [9.17, 15) is 0 Å². The Morgan fingerprint density at radius 3 is 2.70 bits per heavy atom. The molecule has 0 bridgehead atoms. The number of oxime groups is 1. The van der Waals surface area contributed by atoms with Crippen molar-refractivity contribution in [2.45, 2.75) is 13.8 Å². The molecule has 1 aromatic heterocycles. The van der Waals surface area contributed by atoms with Gasteiger partial charge in [0.1, 0.15) is 11.5 Å². The smallest absolute Gasteiger partial charge is 0.106 e. The van der Waals surface area contributed by atoms with E-state index in [1.54, 1.807) is 0 Å². The summed E-state index contributed by atoms with van der Waals surface area (Å²) in [4.78, 5) is 7.01. The molecule has 0 atom stereocenters. The number of nitrogens with zero attached hydrogens (tertiary/aromatic N) is 2. The highest BCUT2D eigenvalue weighted by atomic mass is 16.4. The fourth-order valence-electron chi connectivity index (χ4n) is 0.808. The zero-order chi connectivity index (χ0) is 7.56. The molecule has 54 valence electrons. The van der Waals surface area contributed by atoms with Gasteiger partial charge in [-0.2, -0.15) is 0 Å². The third-order valence-corrected chi connectivity index (χ3v) is 1.22. The monoisotopic (exact) mass is 139 g/mol. The molecule has 0 unspecified atom stereocenters. The quantitative estimate of drug-likeness (QED) is 0.344. The Morgan fingerprint density at radius 2 is 2.30 bits per heavy atom. The Balaban J connectivity index is 3.03. The van der Waals surface area contributed by atoms with E-state index in [1.807, 2.05) is 13.8 Å². The summed E-state index contributed by atoms with van der Waals surface area (Å²) in [5.74, 6) is 0.826. The van der Waals surface area contributed by atoms with Crippen LogP contribution in [-0.4, -0.2) is 21.4 Å². The number of aryl methyl sites for hydroxylation is 2. The lowest BCUT2D eigenvalue weighted by molar-refractivity contribution is 0.321. The zero-order valence-electron chi connectivity index (χ0n) is 5.92. The lowest BCUT2D eigenvalue weighted by Gasteiger charge is -1.81. The van der Waals surface area contributed by atoms with E-state index in [4.69, 9.17) is 5.21 Å². The van der Waals surface area contributed by atoms with Gasteiger partial charge in [0.15, 0.2) is 0 Å². The maximum atomic E-state index is 8.17. The summed E-state index contributed by atoms with van der Waals surface area (Å²) in [6.07, 6.45) is 1.30. The molecule has 1 aromatic rings. The summed E-state index contributed by atoms with van der Waals surface area (Å²) in [5, 5.41) is 11.0. The molecule has 1 heterocycles. The molecule has 2 N–H and O–H groups in total. The van der Waals surface area contributed by atoms with Crippen LogP contribution < -0.4 is 0 Å². The van der Waals surface area contributed by atoms with Crippen LogP contribution in [0.2, 0.25) is 0 Å². The van der Waals surface area contributed by atoms with Crippen molar-refractivity contribution in [1.82, 2.24) is 9.97 Å². The molecule has 10 heavy (non-hydrogen) atoms. The highest BCUT2D eigenvalue weighted by Gasteiger charge is 1.98. The Kier molecular flexibility index (Phi) is 1.71. The molecule has 0 fully saturated rings. The third-order valence-electron chi connectivity index (χ3n) is 1.22. The van der Waals surface area contributed by atoms with Gasteiger partial charge in [-0.25, -0.2) is 4.98 Å². The topological polar surface area (TPSA) is 61.3 Å². The molecular formula is C6H9N3O. The molecule has 4 nitrogen and oxygen atoms in total. The highest BCUT2D eigenvalue weighted by Crippen LogP contribution is 1.99. The Labute approximate surface area is 58.6 Å². The summed E-state index contributed by atoms with van der Waals surface area (Å²) in [6, 6.07) is 0. The first-order chi connectivity index (χ1) is 4.74. The van der Waals surface area contributed by atoms with E-state index in [-0.39, 0.29) is 0 Å². The van der Waals surface area contributed by atoms with Gasteiger partial charge < -0.3 is 10.2 Å². The summed E-state index contributed by atoms with van der Waals surface area (Å²) < 4.78 is 0. The van der Waals surface area contributed by atoms with Gasteiger partial charge in [0.2, 0.25) is 0 Å². The number of nitrogens with one attached hydrogen (secondary N) is 1. The third kappa shape index (κ3) is 1.15. The predicted octanol–water partition coefficient (Wildman–Crippen LogP) is 0.835. The van der Waals surface area contributed by atoms with E-state index < -0.39 is 0 Å². The molecule has 0 saturated heterocycles. The van der Waals surface area contributed by atoms with Crippen LogP contribution in [0.4, 0.5) is 0 Å². The average molecular weight is 139 g/mol. The number of rotatable bonds is 1. The largest absolute Gasteiger partial charge is 0.411 e. The molecule has 0 saturated carbocycles. The van der Waals surface area contributed by atoms with Gasteiger partial charge in [-0.1, -0.05) is 5.16 Å². The van der Waals surface area contributed by atoms with E-state index in [0.29, 0.717) is 5.69 Å². The van der Waals surface area contributed by atoms with Crippen LogP contribution in [0.5, 0.6) is 0 Å². The molecule has 1 rings (SSSR count). The van der Waals surface area contributed by atoms with E-state index in [2.05, 4.69) is 15.1 Å². The first-order valence-corrected chi connectivity index (χ1v) is 2.94. The Morgan fingerprint density at radius 1 is 1.60 bits per heavy atom. The molecule has 4 heteroatoms. The van der Waals surface area contributed by atoms with Gasteiger partial charge in [-0.3, -0.25) is 0 Å². The fourth-order valence-corrected chi connectivity index (χ4v) is 0.808. The SMILES string of the molecule is Cc1nc(C=NO)c(C)[nH]1.